The SMILES string of the molecule is Cc1[nH]c2ccccc2c1CCNC(=O)NC(C)CO. The summed E-state index contributed by atoms with van der Waals surface area (Å²) in [4.78, 5) is 14.9. The third-order valence-electron chi connectivity index (χ3n) is 3.34. The van der Waals surface area contributed by atoms with Crippen LogP contribution in [0.2, 0.25) is 0 Å². The van der Waals surface area contributed by atoms with Crippen LogP contribution in [0.25, 0.3) is 10.9 Å². The average Bonchev–Trinajstić information content (AvgIpc) is 2.75. The van der Waals surface area contributed by atoms with Gasteiger partial charge in [0.05, 0.1) is 12.6 Å². The van der Waals surface area contributed by atoms with Gasteiger partial charge in [0.25, 0.3) is 0 Å². The summed E-state index contributed by atoms with van der Waals surface area (Å²) in [7, 11) is 0. The number of carbonyl (C=O) groups excluding carboxylic acids is 1. The molecule has 5 nitrogen and oxygen atoms in total. The summed E-state index contributed by atoms with van der Waals surface area (Å²) in [5.74, 6) is 0. The number of amides is 2. The number of carbonyl (C=O) groups is 1. The van der Waals surface area contributed by atoms with Gasteiger partial charge in [-0.15, -0.1) is 0 Å². The predicted octanol–water partition coefficient (Wildman–Crippen LogP) is 1.70. The molecule has 0 saturated heterocycles. The molecular formula is C15H21N3O2. The van der Waals surface area contributed by atoms with Crippen LogP contribution in [0.1, 0.15) is 18.2 Å². The van der Waals surface area contributed by atoms with E-state index in [9.17, 15) is 4.79 Å². The van der Waals surface area contributed by atoms with Crippen LogP contribution in [0.4, 0.5) is 4.79 Å². The van der Waals surface area contributed by atoms with Crippen molar-refractivity contribution < 1.29 is 9.90 Å². The third kappa shape index (κ3) is 3.30. The van der Waals surface area contributed by atoms with Crippen LogP contribution >= 0.6 is 0 Å². The highest BCUT2D eigenvalue weighted by Gasteiger charge is 2.09. The van der Waals surface area contributed by atoms with Crippen LogP contribution in [0.3, 0.4) is 0 Å². The molecule has 2 aromatic rings. The Morgan fingerprint density at radius 1 is 1.40 bits per heavy atom. The van der Waals surface area contributed by atoms with E-state index in [2.05, 4.69) is 27.8 Å². The van der Waals surface area contributed by atoms with Gasteiger partial charge in [-0.1, -0.05) is 18.2 Å². The summed E-state index contributed by atoms with van der Waals surface area (Å²) in [6.07, 6.45) is 0.775. The zero-order valence-corrected chi connectivity index (χ0v) is 11.9. The topological polar surface area (TPSA) is 77.2 Å². The highest BCUT2D eigenvalue weighted by Crippen LogP contribution is 2.21. The van der Waals surface area contributed by atoms with Crippen LogP contribution < -0.4 is 10.6 Å². The molecule has 1 aromatic heterocycles. The number of aliphatic hydroxyl groups excluding tert-OH is 1. The molecule has 1 heterocycles. The van der Waals surface area contributed by atoms with E-state index in [0.29, 0.717) is 6.54 Å². The van der Waals surface area contributed by atoms with Crippen molar-refractivity contribution >= 4 is 16.9 Å². The highest BCUT2D eigenvalue weighted by atomic mass is 16.3. The zero-order valence-electron chi connectivity index (χ0n) is 11.9. The summed E-state index contributed by atoms with van der Waals surface area (Å²) in [5.41, 5.74) is 3.49. The van der Waals surface area contributed by atoms with Crippen LogP contribution in [-0.2, 0) is 6.42 Å². The molecule has 20 heavy (non-hydrogen) atoms. The van der Waals surface area contributed by atoms with Crippen molar-refractivity contribution in [3.63, 3.8) is 0 Å². The molecule has 1 aromatic carbocycles. The molecule has 0 saturated carbocycles. The Hall–Kier alpha value is -2.01. The number of fused-ring (bicyclic) bond motifs is 1. The molecule has 2 rings (SSSR count). The maximum atomic E-state index is 11.5. The van der Waals surface area contributed by atoms with Crippen molar-refractivity contribution in [2.75, 3.05) is 13.2 Å². The fourth-order valence-electron chi connectivity index (χ4n) is 2.28. The third-order valence-corrected chi connectivity index (χ3v) is 3.34. The van der Waals surface area contributed by atoms with Gasteiger partial charge in [-0.25, -0.2) is 4.79 Å². The second-order valence-corrected chi connectivity index (χ2v) is 5.01. The number of urea groups is 1. The fourth-order valence-corrected chi connectivity index (χ4v) is 2.28. The lowest BCUT2D eigenvalue weighted by Gasteiger charge is -2.12. The maximum Gasteiger partial charge on any atom is 0.315 e. The van der Waals surface area contributed by atoms with Gasteiger partial charge in [-0.2, -0.15) is 0 Å². The number of aliphatic hydroxyl groups is 1. The molecule has 0 aliphatic carbocycles. The first kappa shape index (κ1) is 14.4. The first-order valence-corrected chi connectivity index (χ1v) is 6.83. The summed E-state index contributed by atoms with van der Waals surface area (Å²) < 4.78 is 0. The molecule has 0 aliphatic rings. The lowest BCUT2D eigenvalue weighted by molar-refractivity contribution is 0.220. The van der Waals surface area contributed by atoms with Crippen molar-refractivity contribution in [1.82, 2.24) is 15.6 Å². The first-order chi connectivity index (χ1) is 9.61. The molecule has 1 atom stereocenters. The van der Waals surface area contributed by atoms with Crippen molar-refractivity contribution in [2.45, 2.75) is 26.3 Å². The Morgan fingerprint density at radius 2 is 2.15 bits per heavy atom. The second kappa shape index (κ2) is 6.43. The van der Waals surface area contributed by atoms with E-state index in [1.807, 2.05) is 19.1 Å². The molecule has 0 spiro atoms. The molecule has 0 radical (unpaired) electrons. The summed E-state index contributed by atoms with van der Waals surface area (Å²) in [5, 5.41) is 15.5. The number of rotatable bonds is 5. The smallest absolute Gasteiger partial charge is 0.315 e. The van der Waals surface area contributed by atoms with Crippen molar-refractivity contribution in [3.8, 4) is 0 Å². The lowest BCUT2D eigenvalue weighted by atomic mass is 10.1. The summed E-state index contributed by atoms with van der Waals surface area (Å²) in [6.45, 7) is 4.30. The van der Waals surface area contributed by atoms with Gasteiger partial charge in [0, 0.05) is 23.1 Å². The number of aryl methyl sites for hydroxylation is 1. The Balaban J connectivity index is 1.93. The first-order valence-electron chi connectivity index (χ1n) is 6.83. The Bertz CT molecular complexity index is 592. The minimum Gasteiger partial charge on any atom is -0.394 e. The predicted molar refractivity (Wildman–Crippen MR) is 79.8 cm³/mol. The zero-order chi connectivity index (χ0) is 14.5. The second-order valence-electron chi connectivity index (χ2n) is 5.01. The minimum absolute atomic E-state index is 0.0605. The normalized spacial score (nSPS) is 12.3. The average molecular weight is 275 g/mol. The summed E-state index contributed by atoms with van der Waals surface area (Å²) in [6, 6.07) is 7.68. The fraction of sp³-hybridized carbons (Fsp3) is 0.400. The molecule has 5 heteroatoms. The maximum absolute atomic E-state index is 11.5. The van der Waals surface area contributed by atoms with Crippen LogP contribution in [0, 0.1) is 6.92 Å². The number of hydrogen-bond acceptors (Lipinski definition) is 2. The molecule has 1 unspecified atom stereocenters. The van der Waals surface area contributed by atoms with E-state index in [-0.39, 0.29) is 18.7 Å². The van der Waals surface area contributed by atoms with Crippen LogP contribution in [-0.4, -0.2) is 35.3 Å². The lowest BCUT2D eigenvalue weighted by Crippen LogP contribution is -2.42. The van der Waals surface area contributed by atoms with Crippen LogP contribution in [0.5, 0.6) is 0 Å². The van der Waals surface area contributed by atoms with Gasteiger partial charge in [0.1, 0.15) is 0 Å². The molecule has 4 N–H and O–H groups in total. The molecule has 0 bridgehead atoms. The van der Waals surface area contributed by atoms with E-state index >= 15 is 0 Å². The Morgan fingerprint density at radius 3 is 2.90 bits per heavy atom. The van der Waals surface area contributed by atoms with Gasteiger partial charge in [0.2, 0.25) is 0 Å². The largest absolute Gasteiger partial charge is 0.394 e. The van der Waals surface area contributed by atoms with E-state index in [0.717, 1.165) is 17.6 Å². The number of aromatic nitrogens is 1. The van der Waals surface area contributed by atoms with Crippen molar-refractivity contribution in [2.24, 2.45) is 0 Å². The standard InChI is InChI=1S/C15H21N3O2/c1-10(9-19)17-15(20)16-8-7-12-11(2)18-14-6-4-3-5-13(12)14/h3-6,10,18-19H,7-9H2,1-2H3,(H2,16,17,20). The number of para-hydroxylation sites is 1. The quantitative estimate of drug-likeness (QED) is 0.670. The number of H-pyrrole nitrogens is 1. The number of aromatic amines is 1. The molecule has 108 valence electrons. The van der Waals surface area contributed by atoms with Gasteiger partial charge in [0.15, 0.2) is 0 Å². The number of nitrogens with one attached hydrogen (secondary N) is 3. The Labute approximate surface area is 118 Å². The van der Waals surface area contributed by atoms with Crippen LogP contribution in [0.15, 0.2) is 24.3 Å². The number of hydrogen-bond donors (Lipinski definition) is 4. The van der Waals surface area contributed by atoms with Gasteiger partial charge in [-0.05, 0) is 31.9 Å². The van der Waals surface area contributed by atoms with E-state index in [1.54, 1.807) is 6.92 Å². The minimum atomic E-state index is -0.246. The van der Waals surface area contributed by atoms with Crippen molar-refractivity contribution in [3.05, 3.63) is 35.5 Å². The van der Waals surface area contributed by atoms with E-state index in [4.69, 9.17) is 5.11 Å². The van der Waals surface area contributed by atoms with Gasteiger partial charge < -0.3 is 20.7 Å². The van der Waals surface area contributed by atoms with E-state index in [1.165, 1.54) is 10.9 Å². The number of benzene rings is 1. The molecule has 0 aliphatic heterocycles. The van der Waals surface area contributed by atoms with Crippen molar-refractivity contribution in [1.29, 1.82) is 0 Å². The molecule has 0 fully saturated rings. The van der Waals surface area contributed by atoms with E-state index < -0.39 is 0 Å². The van der Waals surface area contributed by atoms with Gasteiger partial charge >= 0.3 is 6.03 Å². The Kier molecular flexibility index (Phi) is 4.63. The molecule has 2 amide bonds. The highest BCUT2D eigenvalue weighted by molar-refractivity contribution is 5.84. The summed E-state index contributed by atoms with van der Waals surface area (Å²) >= 11 is 0. The van der Waals surface area contributed by atoms with Gasteiger partial charge in [-0.3, -0.25) is 0 Å². The monoisotopic (exact) mass is 275 g/mol. The molecular weight excluding hydrogens is 254 g/mol.